The third kappa shape index (κ3) is 5.70. The zero-order valence-electron chi connectivity index (χ0n) is 19.3. The lowest BCUT2D eigenvalue weighted by molar-refractivity contribution is 0.282. The van der Waals surface area contributed by atoms with Gasteiger partial charge in [-0.05, 0) is 64.6 Å². The van der Waals surface area contributed by atoms with Crippen molar-refractivity contribution in [3.63, 3.8) is 0 Å². The van der Waals surface area contributed by atoms with Crippen molar-refractivity contribution < 1.29 is 9.47 Å². The molecule has 0 atom stereocenters. The van der Waals surface area contributed by atoms with Crippen molar-refractivity contribution in [2.45, 2.75) is 26.4 Å². The normalized spacial score (nSPS) is 11.5. The van der Waals surface area contributed by atoms with Crippen molar-refractivity contribution >= 4 is 67.2 Å². The summed E-state index contributed by atoms with van der Waals surface area (Å²) in [6.07, 6.45) is 1.63. The average molecular weight is 667 g/mol. The number of fused-ring (bicyclic) bond motifs is 1. The molecule has 1 heterocycles. The fourth-order valence-corrected chi connectivity index (χ4v) is 4.83. The number of methoxy groups -OCH3 is 1. The van der Waals surface area contributed by atoms with Crippen molar-refractivity contribution in [1.29, 1.82) is 0 Å². The molecular weight excluding hydrogens is 645 g/mol. The molecule has 0 aliphatic rings. The van der Waals surface area contributed by atoms with E-state index in [1.54, 1.807) is 19.4 Å². The predicted molar refractivity (Wildman–Crippen MR) is 152 cm³/mol. The Morgan fingerprint density at radius 1 is 1.20 bits per heavy atom. The Kier molecular flexibility index (Phi) is 8.13. The van der Waals surface area contributed by atoms with Gasteiger partial charge in [0.05, 0.1) is 27.8 Å². The Balaban J connectivity index is 1.69. The number of nitrogens with zero attached hydrogens (tertiary/aromatic N) is 3. The summed E-state index contributed by atoms with van der Waals surface area (Å²) in [5, 5.41) is 5.66. The van der Waals surface area contributed by atoms with Gasteiger partial charge in [-0.25, -0.2) is 4.98 Å². The van der Waals surface area contributed by atoms with Crippen LogP contribution in [0.25, 0.3) is 10.9 Å². The fourth-order valence-electron chi connectivity index (χ4n) is 3.50. The quantitative estimate of drug-likeness (QED) is 0.157. The van der Waals surface area contributed by atoms with Gasteiger partial charge in [-0.3, -0.25) is 4.79 Å². The average Bonchev–Trinajstić information content (AvgIpc) is 2.83. The highest BCUT2D eigenvalue weighted by molar-refractivity contribution is 14.1. The molecule has 4 rings (SSSR count). The van der Waals surface area contributed by atoms with Crippen LogP contribution < -0.4 is 15.0 Å². The van der Waals surface area contributed by atoms with Gasteiger partial charge in [-0.2, -0.15) is 9.78 Å². The summed E-state index contributed by atoms with van der Waals surface area (Å²) in [5.74, 6) is 1.76. The molecule has 180 valence electrons. The van der Waals surface area contributed by atoms with Crippen LogP contribution in [0.2, 0.25) is 5.02 Å². The number of ether oxygens (including phenoxy) is 2. The van der Waals surface area contributed by atoms with E-state index in [9.17, 15) is 4.79 Å². The Morgan fingerprint density at radius 2 is 1.97 bits per heavy atom. The van der Waals surface area contributed by atoms with Crippen molar-refractivity contribution in [1.82, 2.24) is 9.66 Å². The van der Waals surface area contributed by atoms with E-state index in [2.05, 4.69) is 48.6 Å². The van der Waals surface area contributed by atoms with Crippen LogP contribution in [-0.2, 0) is 6.61 Å². The van der Waals surface area contributed by atoms with Crippen molar-refractivity contribution in [2.24, 2.45) is 5.10 Å². The molecular formula is C26H22BrClIN3O3. The molecule has 1 aromatic heterocycles. The summed E-state index contributed by atoms with van der Waals surface area (Å²) in [4.78, 5) is 17.9. The molecule has 6 nitrogen and oxygen atoms in total. The van der Waals surface area contributed by atoms with E-state index in [1.807, 2.05) is 62.4 Å². The Hall–Kier alpha value is -2.43. The van der Waals surface area contributed by atoms with Gasteiger partial charge in [0.25, 0.3) is 5.56 Å². The maximum Gasteiger partial charge on any atom is 0.282 e. The molecule has 0 aliphatic heterocycles. The topological polar surface area (TPSA) is 65.7 Å². The molecule has 0 aliphatic carbocycles. The summed E-state index contributed by atoms with van der Waals surface area (Å²) in [6.45, 7) is 4.27. The van der Waals surface area contributed by atoms with Gasteiger partial charge in [0.15, 0.2) is 11.5 Å². The molecule has 0 saturated carbocycles. The molecule has 35 heavy (non-hydrogen) atoms. The van der Waals surface area contributed by atoms with E-state index < -0.39 is 0 Å². The standard InChI is InChI=1S/C26H22BrClIN3O3/c1-15(2)25-31-22-9-8-18(27)12-19(22)26(33)32(25)30-13-16-10-21(29)24(23(11-16)34-3)35-14-17-6-4-5-7-20(17)28/h4-13,15H,14H2,1-3H3. The Morgan fingerprint density at radius 3 is 2.69 bits per heavy atom. The van der Waals surface area contributed by atoms with Gasteiger partial charge >= 0.3 is 0 Å². The summed E-state index contributed by atoms with van der Waals surface area (Å²) in [5.41, 5.74) is 2.06. The SMILES string of the molecule is COc1cc(C=Nn2c(C(C)C)nc3ccc(Br)cc3c2=O)cc(I)c1OCc1ccccc1Cl. The molecule has 0 amide bonds. The largest absolute Gasteiger partial charge is 0.493 e. The van der Waals surface area contributed by atoms with Gasteiger partial charge in [0.2, 0.25) is 0 Å². The van der Waals surface area contributed by atoms with E-state index in [1.165, 1.54) is 4.68 Å². The third-order valence-electron chi connectivity index (χ3n) is 5.25. The molecule has 3 aromatic carbocycles. The molecule has 0 unspecified atom stereocenters. The van der Waals surface area contributed by atoms with Crippen LogP contribution in [0, 0.1) is 3.57 Å². The minimum Gasteiger partial charge on any atom is -0.493 e. The zero-order valence-corrected chi connectivity index (χ0v) is 23.8. The second-order valence-electron chi connectivity index (χ2n) is 8.06. The maximum absolute atomic E-state index is 13.3. The van der Waals surface area contributed by atoms with Crippen LogP contribution in [0.3, 0.4) is 0 Å². The van der Waals surface area contributed by atoms with Crippen LogP contribution in [-0.4, -0.2) is 23.0 Å². The fraction of sp³-hybridized carbons (Fsp3) is 0.192. The predicted octanol–water partition coefficient (Wildman–Crippen LogP) is 7.01. The highest BCUT2D eigenvalue weighted by Crippen LogP contribution is 2.34. The summed E-state index contributed by atoms with van der Waals surface area (Å²) < 4.78 is 14.6. The van der Waals surface area contributed by atoms with Gasteiger partial charge < -0.3 is 9.47 Å². The van der Waals surface area contributed by atoms with Crippen molar-refractivity contribution in [3.05, 3.63) is 95.0 Å². The number of benzene rings is 3. The summed E-state index contributed by atoms with van der Waals surface area (Å²) >= 11 is 11.9. The first-order valence-corrected chi connectivity index (χ1v) is 13.0. The molecule has 0 radical (unpaired) electrons. The Labute approximate surface area is 230 Å². The van der Waals surface area contributed by atoms with Crippen LogP contribution in [0.1, 0.15) is 36.7 Å². The number of hydrogen-bond donors (Lipinski definition) is 0. The van der Waals surface area contributed by atoms with Crippen LogP contribution in [0.15, 0.2) is 69.0 Å². The number of hydrogen-bond acceptors (Lipinski definition) is 5. The number of aromatic nitrogens is 2. The lowest BCUT2D eigenvalue weighted by Crippen LogP contribution is -2.23. The minimum absolute atomic E-state index is 0.00292. The second kappa shape index (κ2) is 11.1. The molecule has 0 fully saturated rings. The molecule has 0 bridgehead atoms. The molecule has 0 saturated heterocycles. The van der Waals surface area contributed by atoms with E-state index >= 15 is 0 Å². The minimum atomic E-state index is -0.224. The first-order valence-electron chi connectivity index (χ1n) is 10.8. The molecule has 9 heteroatoms. The maximum atomic E-state index is 13.3. The van der Waals surface area contributed by atoms with Gasteiger partial charge in [-0.1, -0.05) is 59.6 Å². The van der Waals surface area contributed by atoms with E-state index in [0.717, 1.165) is 19.2 Å². The van der Waals surface area contributed by atoms with Crippen molar-refractivity contribution in [2.75, 3.05) is 7.11 Å². The number of halogens is 3. The second-order valence-corrected chi connectivity index (χ2v) is 10.5. The molecule has 0 N–H and O–H groups in total. The first kappa shape index (κ1) is 25.7. The van der Waals surface area contributed by atoms with Crippen LogP contribution >= 0.6 is 50.1 Å². The lowest BCUT2D eigenvalue weighted by atomic mass is 10.2. The smallest absolute Gasteiger partial charge is 0.282 e. The van der Waals surface area contributed by atoms with E-state index in [0.29, 0.717) is 39.9 Å². The van der Waals surface area contributed by atoms with Gasteiger partial charge in [-0.15, -0.1) is 0 Å². The molecule has 0 spiro atoms. The highest BCUT2D eigenvalue weighted by Gasteiger charge is 2.15. The summed E-state index contributed by atoms with van der Waals surface area (Å²) in [6, 6.07) is 16.7. The third-order valence-corrected chi connectivity index (χ3v) is 6.92. The van der Waals surface area contributed by atoms with Gasteiger partial charge in [0, 0.05) is 21.0 Å². The van der Waals surface area contributed by atoms with Gasteiger partial charge in [0.1, 0.15) is 12.4 Å². The highest BCUT2D eigenvalue weighted by atomic mass is 127. The lowest BCUT2D eigenvalue weighted by Gasteiger charge is -2.14. The zero-order chi connectivity index (χ0) is 25.1. The monoisotopic (exact) mass is 665 g/mol. The molecule has 4 aromatic rings. The first-order chi connectivity index (χ1) is 16.8. The van der Waals surface area contributed by atoms with E-state index in [4.69, 9.17) is 21.1 Å². The van der Waals surface area contributed by atoms with Crippen molar-refractivity contribution in [3.8, 4) is 11.5 Å². The number of rotatable bonds is 7. The van der Waals surface area contributed by atoms with Crippen LogP contribution in [0.4, 0.5) is 0 Å². The van der Waals surface area contributed by atoms with Crippen LogP contribution in [0.5, 0.6) is 11.5 Å². The van der Waals surface area contributed by atoms with E-state index in [-0.39, 0.29) is 11.5 Å². The Bertz CT molecular complexity index is 1490. The summed E-state index contributed by atoms with van der Waals surface area (Å²) in [7, 11) is 1.58.